The molecule has 2 aromatic heterocycles. The monoisotopic (exact) mass is 420 g/mol. The molecule has 0 aliphatic carbocycles. The summed E-state index contributed by atoms with van der Waals surface area (Å²) in [6, 6.07) is 14.6. The maximum Gasteiger partial charge on any atom is 0.339 e. The number of hydrogen-bond donors (Lipinski definition) is 0. The van der Waals surface area contributed by atoms with E-state index in [-0.39, 0.29) is 25.3 Å². The zero-order chi connectivity index (χ0) is 21.8. The Morgan fingerprint density at radius 3 is 2.65 bits per heavy atom. The predicted octanol–water partition coefficient (Wildman–Crippen LogP) is 3.84. The van der Waals surface area contributed by atoms with Crippen molar-refractivity contribution in [2.75, 3.05) is 7.11 Å². The molecule has 8 nitrogen and oxygen atoms in total. The first kappa shape index (κ1) is 20.3. The Bertz CT molecular complexity index is 1280. The number of ether oxygens (including phenoxy) is 2. The number of methoxy groups -OCH3 is 1. The number of hydrogen-bond acceptors (Lipinski definition) is 8. The smallest absolute Gasteiger partial charge is 0.339 e. The molecule has 0 N–H and O–H groups in total. The lowest BCUT2D eigenvalue weighted by atomic mass is 10.0. The van der Waals surface area contributed by atoms with Gasteiger partial charge in [-0.1, -0.05) is 18.2 Å². The van der Waals surface area contributed by atoms with Gasteiger partial charge in [0.05, 0.1) is 7.11 Å². The number of fused-ring (bicyclic) bond motifs is 1. The molecular weight excluding hydrogens is 400 g/mol. The first-order valence-electron chi connectivity index (χ1n) is 9.69. The summed E-state index contributed by atoms with van der Waals surface area (Å²) in [5, 5.41) is 8.64. The molecule has 2 heterocycles. The van der Waals surface area contributed by atoms with Crippen LogP contribution in [0.1, 0.15) is 23.4 Å². The van der Waals surface area contributed by atoms with E-state index in [1.54, 1.807) is 19.2 Å². The normalized spacial score (nSPS) is 10.9. The number of esters is 1. The van der Waals surface area contributed by atoms with E-state index in [4.69, 9.17) is 18.3 Å². The van der Waals surface area contributed by atoms with Crippen LogP contribution < -0.4 is 10.4 Å². The van der Waals surface area contributed by atoms with E-state index >= 15 is 0 Å². The minimum atomic E-state index is -0.479. The number of nitrogens with zero attached hydrogens (tertiary/aromatic N) is 2. The van der Waals surface area contributed by atoms with Crippen LogP contribution in [-0.2, 0) is 22.6 Å². The summed E-state index contributed by atoms with van der Waals surface area (Å²) in [6.07, 6.45) is 0.223. The van der Waals surface area contributed by atoms with Gasteiger partial charge < -0.3 is 18.3 Å². The van der Waals surface area contributed by atoms with Gasteiger partial charge in [0.15, 0.2) is 6.61 Å². The highest BCUT2D eigenvalue weighted by Gasteiger charge is 2.15. The average molecular weight is 420 g/mol. The van der Waals surface area contributed by atoms with Crippen LogP contribution in [-0.4, -0.2) is 23.3 Å². The molecule has 8 heteroatoms. The first-order chi connectivity index (χ1) is 15.0. The summed E-state index contributed by atoms with van der Waals surface area (Å²) in [5.74, 6) is 0.672. The van der Waals surface area contributed by atoms with Crippen LogP contribution in [0.2, 0.25) is 0 Å². The number of aromatic nitrogens is 2. The lowest BCUT2D eigenvalue weighted by Gasteiger charge is -2.08. The fourth-order valence-corrected chi connectivity index (χ4v) is 3.24. The molecule has 158 valence electrons. The molecule has 0 unspecified atom stereocenters. The number of carbonyl (C=O) groups is 1. The van der Waals surface area contributed by atoms with Gasteiger partial charge in [-0.2, -0.15) is 0 Å². The molecule has 0 spiro atoms. The Kier molecular flexibility index (Phi) is 5.79. The van der Waals surface area contributed by atoms with Crippen molar-refractivity contribution in [1.29, 1.82) is 0 Å². The third-order valence-corrected chi connectivity index (χ3v) is 4.92. The van der Waals surface area contributed by atoms with Gasteiger partial charge in [0.2, 0.25) is 5.89 Å². The van der Waals surface area contributed by atoms with Crippen molar-refractivity contribution in [3.63, 3.8) is 0 Å². The van der Waals surface area contributed by atoms with Crippen molar-refractivity contribution in [1.82, 2.24) is 10.2 Å². The molecule has 0 saturated heterocycles. The van der Waals surface area contributed by atoms with E-state index in [9.17, 15) is 9.59 Å². The molecule has 0 aliphatic rings. The minimum Gasteiger partial charge on any atom is -0.497 e. The van der Waals surface area contributed by atoms with Crippen LogP contribution in [0.3, 0.4) is 0 Å². The van der Waals surface area contributed by atoms with Gasteiger partial charge in [-0.15, -0.1) is 10.2 Å². The summed E-state index contributed by atoms with van der Waals surface area (Å²) >= 11 is 0. The second-order valence-corrected chi connectivity index (χ2v) is 6.88. The Hall–Kier alpha value is -3.94. The summed E-state index contributed by atoms with van der Waals surface area (Å²) in [5.41, 5.74) is 1.96. The van der Waals surface area contributed by atoms with Gasteiger partial charge in [-0.05, 0) is 43.2 Å². The number of benzene rings is 2. The summed E-state index contributed by atoms with van der Waals surface area (Å²) < 4.78 is 21.3. The molecule has 0 aliphatic heterocycles. The van der Waals surface area contributed by atoms with E-state index in [0.29, 0.717) is 22.8 Å². The zero-order valence-corrected chi connectivity index (χ0v) is 17.1. The molecular formula is C23H20N2O6. The Balaban J connectivity index is 1.38. The molecule has 0 amide bonds. The molecule has 4 aromatic rings. The van der Waals surface area contributed by atoms with Crippen LogP contribution >= 0.6 is 0 Å². The van der Waals surface area contributed by atoms with Crippen molar-refractivity contribution < 1.29 is 23.1 Å². The maximum absolute atomic E-state index is 12.4. The highest BCUT2D eigenvalue weighted by molar-refractivity contribution is 5.82. The predicted molar refractivity (Wildman–Crippen MR) is 112 cm³/mol. The van der Waals surface area contributed by atoms with E-state index in [1.807, 2.05) is 43.3 Å². The van der Waals surface area contributed by atoms with Crippen molar-refractivity contribution in [3.8, 4) is 17.2 Å². The van der Waals surface area contributed by atoms with Crippen molar-refractivity contribution in [3.05, 3.63) is 76.0 Å². The summed E-state index contributed by atoms with van der Waals surface area (Å²) in [6.45, 7) is 1.69. The van der Waals surface area contributed by atoms with Gasteiger partial charge in [0.25, 0.3) is 5.89 Å². The maximum atomic E-state index is 12.4. The Morgan fingerprint density at radius 2 is 1.87 bits per heavy atom. The highest BCUT2D eigenvalue weighted by Crippen LogP contribution is 2.24. The number of aryl methyl sites for hydroxylation is 1. The van der Waals surface area contributed by atoms with E-state index in [1.165, 1.54) is 0 Å². The number of carbonyl (C=O) groups excluding carboxylic acids is 1. The zero-order valence-electron chi connectivity index (χ0n) is 17.1. The number of rotatable bonds is 7. The van der Waals surface area contributed by atoms with Crippen LogP contribution in [0.15, 0.2) is 62.2 Å². The van der Waals surface area contributed by atoms with Crippen molar-refractivity contribution in [2.24, 2.45) is 0 Å². The van der Waals surface area contributed by atoms with Gasteiger partial charge in [-0.3, -0.25) is 4.79 Å². The molecule has 31 heavy (non-hydrogen) atoms. The third-order valence-electron chi connectivity index (χ3n) is 4.92. The topological polar surface area (TPSA) is 105 Å². The Labute approximate surface area is 177 Å². The summed E-state index contributed by atoms with van der Waals surface area (Å²) in [4.78, 5) is 24.6. The molecule has 4 rings (SSSR count). The second kappa shape index (κ2) is 8.83. The van der Waals surface area contributed by atoms with Crippen LogP contribution in [0.25, 0.3) is 22.4 Å². The van der Waals surface area contributed by atoms with Gasteiger partial charge in [-0.25, -0.2) is 4.79 Å². The van der Waals surface area contributed by atoms with E-state index < -0.39 is 11.6 Å². The highest BCUT2D eigenvalue weighted by atomic mass is 16.5. The van der Waals surface area contributed by atoms with Gasteiger partial charge >= 0.3 is 11.6 Å². The average Bonchev–Trinajstić information content (AvgIpc) is 3.27. The second-order valence-electron chi connectivity index (χ2n) is 6.88. The first-order valence-corrected chi connectivity index (χ1v) is 9.69. The van der Waals surface area contributed by atoms with E-state index in [0.717, 1.165) is 16.5 Å². The fourth-order valence-electron chi connectivity index (χ4n) is 3.24. The lowest BCUT2D eigenvalue weighted by molar-refractivity contribution is -0.145. The van der Waals surface area contributed by atoms with Gasteiger partial charge in [0.1, 0.15) is 11.3 Å². The molecule has 0 bridgehead atoms. The standard InChI is InChI=1S/C23H20N2O6/c1-14-17-9-8-16(28-2)12-19(17)30-23(27)18(14)10-11-21(26)29-13-20-24-25-22(31-20)15-6-4-3-5-7-15/h3-9,12H,10-11,13H2,1-2H3. The molecule has 0 atom stereocenters. The van der Waals surface area contributed by atoms with Crippen molar-refractivity contribution in [2.45, 2.75) is 26.4 Å². The molecule has 0 saturated carbocycles. The van der Waals surface area contributed by atoms with Crippen molar-refractivity contribution >= 4 is 16.9 Å². The van der Waals surface area contributed by atoms with Crippen LogP contribution in [0.5, 0.6) is 5.75 Å². The minimum absolute atomic E-state index is 0.0208. The quantitative estimate of drug-likeness (QED) is 0.328. The third kappa shape index (κ3) is 4.48. The van der Waals surface area contributed by atoms with E-state index in [2.05, 4.69) is 10.2 Å². The molecule has 2 aromatic carbocycles. The fraction of sp³-hybridized carbons (Fsp3) is 0.217. The molecule has 0 radical (unpaired) electrons. The Morgan fingerprint density at radius 1 is 1.06 bits per heavy atom. The SMILES string of the molecule is COc1ccc2c(C)c(CCC(=O)OCc3nnc(-c4ccccc4)o3)c(=O)oc2c1. The lowest BCUT2D eigenvalue weighted by Crippen LogP contribution is -2.14. The largest absolute Gasteiger partial charge is 0.497 e. The summed E-state index contributed by atoms with van der Waals surface area (Å²) in [7, 11) is 1.54. The van der Waals surface area contributed by atoms with Crippen LogP contribution in [0.4, 0.5) is 0 Å². The van der Waals surface area contributed by atoms with Gasteiger partial charge in [0, 0.05) is 29.0 Å². The molecule has 0 fully saturated rings. The van der Waals surface area contributed by atoms with Crippen LogP contribution in [0, 0.1) is 6.92 Å².